The summed E-state index contributed by atoms with van der Waals surface area (Å²) in [6.07, 6.45) is 2.25. The summed E-state index contributed by atoms with van der Waals surface area (Å²) in [6.45, 7) is 5.96. The zero-order valence-corrected chi connectivity index (χ0v) is 13.7. The van der Waals surface area contributed by atoms with Gasteiger partial charge in [0.1, 0.15) is 0 Å². The van der Waals surface area contributed by atoms with Crippen LogP contribution < -0.4 is 4.90 Å². The molecule has 0 atom stereocenters. The highest BCUT2D eigenvalue weighted by Gasteiger charge is 2.13. The van der Waals surface area contributed by atoms with Crippen LogP contribution in [0, 0.1) is 0 Å². The molecule has 0 saturated carbocycles. The summed E-state index contributed by atoms with van der Waals surface area (Å²) >= 11 is 6.37. The Morgan fingerprint density at radius 3 is 2.45 bits per heavy atom. The first kappa shape index (κ1) is 15.6. The Bertz CT molecular complexity index is 426. The monoisotopic (exact) mass is 295 g/mol. The molecule has 0 aliphatic carbocycles. The van der Waals surface area contributed by atoms with Gasteiger partial charge in [0.25, 0.3) is 0 Å². The molecule has 0 bridgehead atoms. The summed E-state index contributed by atoms with van der Waals surface area (Å²) < 4.78 is 0. The molecule has 1 aromatic carbocycles. The van der Waals surface area contributed by atoms with Crippen molar-refractivity contribution in [1.82, 2.24) is 9.80 Å². The second-order valence-electron chi connectivity index (χ2n) is 5.92. The molecule has 0 unspecified atom stereocenters. The van der Waals surface area contributed by atoms with Crippen molar-refractivity contribution in [2.75, 3.05) is 58.8 Å². The Kier molecular flexibility index (Phi) is 5.70. The fraction of sp³-hybridized carbons (Fsp3) is 0.625. The molecule has 1 aliphatic rings. The molecule has 1 heterocycles. The van der Waals surface area contributed by atoms with E-state index >= 15 is 0 Å². The third-order valence-corrected chi connectivity index (χ3v) is 4.42. The average molecular weight is 296 g/mol. The molecule has 0 N–H and O–H groups in total. The van der Waals surface area contributed by atoms with Gasteiger partial charge >= 0.3 is 0 Å². The quantitative estimate of drug-likeness (QED) is 0.827. The summed E-state index contributed by atoms with van der Waals surface area (Å²) in [5.41, 5.74) is 2.43. The maximum atomic E-state index is 6.37. The number of likely N-dealkylation sites (N-methyl/N-ethyl adjacent to an activating group) is 1. The lowest BCUT2D eigenvalue weighted by Crippen LogP contribution is -2.44. The van der Waals surface area contributed by atoms with Gasteiger partial charge in [0.05, 0.1) is 0 Å². The first-order valence-corrected chi connectivity index (χ1v) is 7.80. The highest BCUT2D eigenvalue weighted by molar-refractivity contribution is 6.31. The van der Waals surface area contributed by atoms with E-state index in [4.69, 9.17) is 11.6 Å². The van der Waals surface area contributed by atoms with Gasteiger partial charge in [-0.1, -0.05) is 17.7 Å². The molecule has 1 aliphatic heterocycles. The van der Waals surface area contributed by atoms with Gasteiger partial charge in [-0.3, -0.25) is 0 Å². The van der Waals surface area contributed by atoms with E-state index in [-0.39, 0.29) is 0 Å². The topological polar surface area (TPSA) is 9.72 Å². The lowest BCUT2D eigenvalue weighted by Gasteiger charge is -2.32. The molecule has 0 aromatic heterocycles. The van der Waals surface area contributed by atoms with Crippen LogP contribution in [0.5, 0.6) is 0 Å². The largest absolute Gasteiger partial charge is 0.378 e. The Labute approximate surface area is 128 Å². The standard InChI is InChI=1S/C16H26ClN3/c1-18(2)15-7-6-14(16(17)13-15)5-4-8-20-11-9-19(3)10-12-20/h6-7,13H,4-5,8-12H2,1-3H3. The summed E-state index contributed by atoms with van der Waals surface area (Å²) in [5.74, 6) is 0. The minimum atomic E-state index is 0.898. The molecule has 2 rings (SSSR count). The van der Waals surface area contributed by atoms with Crippen molar-refractivity contribution in [3.05, 3.63) is 28.8 Å². The average Bonchev–Trinajstić information content (AvgIpc) is 2.42. The summed E-state index contributed by atoms with van der Waals surface area (Å²) in [5, 5.41) is 0.898. The lowest BCUT2D eigenvalue weighted by molar-refractivity contribution is 0.153. The van der Waals surface area contributed by atoms with Crippen LogP contribution in [0.4, 0.5) is 5.69 Å². The lowest BCUT2D eigenvalue weighted by atomic mass is 10.1. The van der Waals surface area contributed by atoms with Crippen LogP contribution in [0.15, 0.2) is 18.2 Å². The zero-order chi connectivity index (χ0) is 14.5. The predicted octanol–water partition coefficient (Wildman–Crippen LogP) is 2.59. The van der Waals surface area contributed by atoms with Crippen LogP contribution in [0.2, 0.25) is 5.02 Å². The highest BCUT2D eigenvalue weighted by Crippen LogP contribution is 2.23. The van der Waals surface area contributed by atoms with Gasteiger partial charge in [-0.25, -0.2) is 0 Å². The first-order chi connectivity index (χ1) is 9.56. The molecular weight excluding hydrogens is 270 g/mol. The number of anilines is 1. The number of hydrogen-bond acceptors (Lipinski definition) is 3. The summed E-state index contributed by atoms with van der Waals surface area (Å²) in [4.78, 5) is 7.04. The normalized spacial score (nSPS) is 17.4. The Hall–Kier alpha value is -0.770. The van der Waals surface area contributed by atoms with Gasteiger partial charge in [-0.05, 0) is 44.1 Å². The van der Waals surface area contributed by atoms with Crippen LogP contribution in [-0.4, -0.2) is 63.7 Å². The van der Waals surface area contributed by atoms with Crippen LogP contribution >= 0.6 is 11.6 Å². The molecule has 1 fully saturated rings. The first-order valence-electron chi connectivity index (χ1n) is 7.43. The van der Waals surface area contributed by atoms with Crippen molar-refractivity contribution in [2.24, 2.45) is 0 Å². The number of benzene rings is 1. The third kappa shape index (κ3) is 4.37. The maximum Gasteiger partial charge on any atom is 0.0458 e. The molecule has 4 heteroatoms. The molecule has 1 aromatic rings. The number of hydrogen-bond donors (Lipinski definition) is 0. The summed E-state index contributed by atoms with van der Waals surface area (Å²) in [6, 6.07) is 6.38. The number of nitrogens with zero attached hydrogens (tertiary/aromatic N) is 3. The molecule has 0 amide bonds. The molecule has 1 saturated heterocycles. The van der Waals surface area contributed by atoms with Crippen molar-refractivity contribution in [1.29, 1.82) is 0 Å². The van der Waals surface area contributed by atoms with Gasteiger partial charge < -0.3 is 14.7 Å². The molecule has 20 heavy (non-hydrogen) atoms. The minimum absolute atomic E-state index is 0.898. The Morgan fingerprint density at radius 1 is 1.15 bits per heavy atom. The predicted molar refractivity (Wildman–Crippen MR) is 88.0 cm³/mol. The molecular formula is C16H26ClN3. The number of halogens is 1. The van der Waals surface area contributed by atoms with Crippen molar-refractivity contribution in [3.63, 3.8) is 0 Å². The Balaban J connectivity index is 1.79. The van der Waals surface area contributed by atoms with Crippen molar-refractivity contribution >= 4 is 17.3 Å². The van der Waals surface area contributed by atoms with E-state index in [9.17, 15) is 0 Å². The number of aryl methyl sites for hydroxylation is 1. The van der Waals surface area contributed by atoms with E-state index in [1.165, 1.54) is 44.7 Å². The van der Waals surface area contributed by atoms with Gasteiger partial charge in [-0.15, -0.1) is 0 Å². The highest BCUT2D eigenvalue weighted by atomic mass is 35.5. The van der Waals surface area contributed by atoms with Crippen LogP contribution in [0.3, 0.4) is 0 Å². The summed E-state index contributed by atoms with van der Waals surface area (Å²) in [7, 11) is 6.28. The second-order valence-corrected chi connectivity index (χ2v) is 6.33. The third-order valence-electron chi connectivity index (χ3n) is 4.07. The van der Waals surface area contributed by atoms with E-state index in [0.29, 0.717) is 0 Å². The maximum absolute atomic E-state index is 6.37. The Morgan fingerprint density at radius 2 is 1.85 bits per heavy atom. The number of piperazine rings is 1. The van der Waals surface area contributed by atoms with Crippen molar-refractivity contribution in [3.8, 4) is 0 Å². The van der Waals surface area contributed by atoms with Gasteiger partial charge in [-0.2, -0.15) is 0 Å². The van der Waals surface area contributed by atoms with Crippen LogP contribution in [-0.2, 0) is 6.42 Å². The van der Waals surface area contributed by atoms with E-state index in [2.05, 4.69) is 39.9 Å². The van der Waals surface area contributed by atoms with E-state index < -0.39 is 0 Å². The molecule has 0 radical (unpaired) electrons. The minimum Gasteiger partial charge on any atom is -0.378 e. The molecule has 0 spiro atoms. The van der Waals surface area contributed by atoms with Crippen molar-refractivity contribution < 1.29 is 0 Å². The van der Waals surface area contributed by atoms with Crippen molar-refractivity contribution in [2.45, 2.75) is 12.8 Å². The number of rotatable bonds is 5. The fourth-order valence-corrected chi connectivity index (χ4v) is 2.85. The molecule has 112 valence electrons. The van der Waals surface area contributed by atoms with E-state index in [0.717, 1.165) is 17.1 Å². The van der Waals surface area contributed by atoms with E-state index in [1.807, 2.05) is 14.1 Å². The smallest absolute Gasteiger partial charge is 0.0458 e. The van der Waals surface area contributed by atoms with Crippen LogP contribution in [0.1, 0.15) is 12.0 Å². The van der Waals surface area contributed by atoms with Gasteiger partial charge in [0.15, 0.2) is 0 Å². The fourth-order valence-electron chi connectivity index (χ4n) is 2.58. The second kappa shape index (κ2) is 7.30. The van der Waals surface area contributed by atoms with E-state index in [1.54, 1.807) is 0 Å². The van der Waals surface area contributed by atoms with Gasteiger partial charge in [0.2, 0.25) is 0 Å². The van der Waals surface area contributed by atoms with Crippen LogP contribution in [0.25, 0.3) is 0 Å². The SMILES string of the molecule is CN1CCN(CCCc2ccc(N(C)C)cc2Cl)CC1. The molecule has 3 nitrogen and oxygen atoms in total. The van der Waals surface area contributed by atoms with Gasteiger partial charge in [0, 0.05) is 51.0 Å². The zero-order valence-electron chi connectivity index (χ0n) is 12.9.